The monoisotopic (exact) mass is 283 g/mol. The predicted octanol–water partition coefficient (Wildman–Crippen LogP) is 1.81. The Bertz CT molecular complexity index is 878. The summed E-state index contributed by atoms with van der Waals surface area (Å²) < 4.78 is 6.11. The van der Waals surface area contributed by atoms with E-state index in [0.717, 1.165) is 0 Å². The average Bonchev–Trinajstić information content (AvgIpc) is 2.83. The Kier molecular flexibility index (Phi) is 3.06. The highest BCUT2D eigenvalue weighted by Gasteiger charge is 2.19. The molecule has 0 aliphatic carbocycles. The number of esters is 1. The highest BCUT2D eigenvalue weighted by molar-refractivity contribution is 6.02. The van der Waals surface area contributed by atoms with E-state index in [1.54, 1.807) is 25.1 Å². The number of aromatic nitrogens is 3. The van der Waals surface area contributed by atoms with Crippen molar-refractivity contribution in [3.63, 3.8) is 0 Å². The van der Waals surface area contributed by atoms with Crippen LogP contribution in [0.3, 0.4) is 0 Å². The molecule has 0 atom stereocenters. The van der Waals surface area contributed by atoms with Crippen LogP contribution in [0.15, 0.2) is 41.2 Å². The van der Waals surface area contributed by atoms with Crippen LogP contribution in [0.1, 0.15) is 16.1 Å². The number of aryl methyl sites for hydroxylation is 1. The van der Waals surface area contributed by atoms with Crippen LogP contribution in [0.4, 0.5) is 0 Å². The smallest absolute Gasteiger partial charge is 0.338 e. The minimum atomic E-state index is -0.554. The molecule has 0 radical (unpaired) electrons. The van der Waals surface area contributed by atoms with Gasteiger partial charge < -0.3 is 4.74 Å². The maximum absolute atomic E-state index is 12.6. The molecule has 0 saturated carbocycles. The van der Waals surface area contributed by atoms with Gasteiger partial charge in [-0.15, -0.1) is 0 Å². The summed E-state index contributed by atoms with van der Waals surface area (Å²) in [5.74, 6) is -0.554. The van der Waals surface area contributed by atoms with E-state index in [9.17, 15) is 9.59 Å². The number of methoxy groups -OCH3 is 1. The molecule has 0 amide bonds. The maximum atomic E-state index is 12.6. The molecule has 2 aromatic heterocycles. The van der Waals surface area contributed by atoms with Crippen LogP contribution < -0.4 is 5.56 Å². The van der Waals surface area contributed by atoms with Crippen LogP contribution in [-0.4, -0.2) is 27.8 Å². The second kappa shape index (κ2) is 4.90. The fraction of sp³-hybridized carbons (Fsp3) is 0.133. The zero-order chi connectivity index (χ0) is 15.0. The summed E-state index contributed by atoms with van der Waals surface area (Å²) in [7, 11) is 1.28. The van der Waals surface area contributed by atoms with Crippen molar-refractivity contribution in [2.75, 3.05) is 7.11 Å². The second-order valence-electron chi connectivity index (χ2n) is 4.61. The van der Waals surface area contributed by atoms with Gasteiger partial charge in [0.15, 0.2) is 5.65 Å². The van der Waals surface area contributed by atoms with E-state index in [2.05, 4.69) is 10.1 Å². The van der Waals surface area contributed by atoms with Crippen molar-refractivity contribution in [3.05, 3.63) is 58.0 Å². The third-order valence-electron chi connectivity index (χ3n) is 3.20. The lowest BCUT2D eigenvalue weighted by Crippen LogP contribution is -2.16. The molecule has 0 saturated heterocycles. The predicted molar refractivity (Wildman–Crippen MR) is 77.8 cm³/mol. The van der Waals surface area contributed by atoms with Crippen LogP contribution in [0, 0.1) is 6.92 Å². The minimum absolute atomic E-state index is 0.218. The van der Waals surface area contributed by atoms with Crippen molar-refractivity contribution in [1.29, 1.82) is 0 Å². The van der Waals surface area contributed by atoms with Crippen molar-refractivity contribution in [2.24, 2.45) is 0 Å². The molecule has 6 heteroatoms. The van der Waals surface area contributed by atoms with E-state index < -0.39 is 5.97 Å². The largest absolute Gasteiger partial charge is 0.465 e. The molecular weight excluding hydrogens is 270 g/mol. The van der Waals surface area contributed by atoms with E-state index in [1.807, 2.05) is 18.2 Å². The third-order valence-corrected chi connectivity index (χ3v) is 3.20. The molecular formula is C15H13N3O3. The highest BCUT2D eigenvalue weighted by Crippen LogP contribution is 2.16. The van der Waals surface area contributed by atoms with Gasteiger partial charge in [-0.05, 0) is 25.1 Å². The molecule has 6 nitrogen and oxygen atoms in total. The molecule has 0 aliphatic rings. The summed E-state index contributed by atoms with van der Waals surface area (Å²) in [6, 6.07) is 10.7. The number of ether oxygens (including phenoxy) is 1. The van der Waals surface area contributed by atoms with Crippen molar-refractivity contribution in [3.8, 4) is 5.69 Å². The van der Waals surface area contributed by atoms with Gasteiger partial charge in [-0.25, -0.2) is 14.5 Å². The van der Waals surface area contributed by atoms with Gasteiger partial charge in [0.2, 0.25) is 0 Å². The highest BCUT2D eigenvalue weighted by atomic mass is 16.5. The van der Waals surface area contributed by atoms with Gasteiger partial charge in [0.05, 0.1) is 18.4 Å². The number of nitrogens with zero attached hydrogens (tertiary/aromatic N) is 2. The molecule has 0 unspecified atom stereocenters. The third kappa shape index (κ3) is 2.10. The van der Waals surface area contributed by atoms with Gasteiger partial charge in [-0.3, -0.25) is 9.89 Å². The quantitative estimate of drug-likeness (QED) is 0.728. The summed E-state index contributed by atoms with van der Waals surface area (Å²) >= 11 is 0. The number of pyridine rings is 1. The van der Waals surface area contributed by atoms with E-state index >= 15 is 0 Å². The van der Waals surface area contributed by atoms with E-state index in [1.165, 1.54) is 11.8 Å². The van der Waals surface area contributed by atoms with Gasteiger partial charge >= 0.3 is 5.97 Å². The Labute approximate surface area is 120 Å². The number of H-pyrrole nitrogens is 1. The number of carbonyl (C=O) groups is 1. The van der Waals surface area contributed by atoms with Gasteiger partial charge in [-0.1, -0.05) is 18.2 Å². The molecule has 1 N–H and O–H groups in total. The average molecular weight is 283 g/mol. The fourth-order valence-corrected chi connectivity index (χ4v) is 2.27. The lowest BCUT2D eigenvalue weighted by Gasteiger charge is -2.00. The van der Waals surface area contributed by atoms with E-state index in [-0.39, 0.29) is 16.5 Å². The first-order chi connectivity index (χ1) is 10.1. The van der Waals surface area contributed by atoms with Crippen molar-refractivity contribution in [2.45, 2.75) is 6.92 Å². The minimum Gasteiger partial charge on any atom is -0.465 e. The summed E-state index contributed by atoms with van der Waals surface area (Å²) in [4.78, 5) is 28.7. The Morgan fingerprint density at radius 2 is 2.00 bits per heavy atom. The molecule has 21 heavy (non-hydrogen) atoms. The summed E-state index contributed by atoms with van der Waals surface area (Å²) in [5, 5.41) is 3.16. The number of nitrogens with one attached hydrogen (secondary N) is 1. The van der Waals surface area contributed by atoms with Crippen molar-refractivity contribution < 1.29 is 9.53 Å². The van der Waals surface area contributed by atoms with Crippen LogP contribution in [0.25, 0.3) is 16.7 Å². The number of rotatable bonds is 2. The van der Waals surface area contributed by atoms with E-state index in [0.29, 0.717) is 17.0 Å². The summed E-state index contributed by atoms with van der Waals surface area (Å²) in [5.41, 5.74) is 1.56. The van der Waals surface area contributed by atoms with Crippen molar-refractivity contribution >= 4 is 17.0 Å². The standard InChI is InChI=1S/C15H13N3O3/c1-9-8-11(15(20)21-2)12-13(16-9)17-18(14(12)19)10-6-4-3-5-7-10/h3-8H,1-2H3,(H,16,17). The number of hydrogen-bond donors (Lipinski definition) is 1. The first-order valence-corrected chi connectivity index (χ1v) is 6.38. The van der Waals surface area contributed by atoms with Crippen molar-refractivity contribution in [1.82, 2.24) is 14.8 Å². The maximum Gasteiger partial charge on any atom is 0.338 e. The molecule has 3 aromatic rings. The van der Waals surface area contributed by atoms with Crippen LogP contribution >= 0.6 is 0 Å². The lowest BCUT2D eigenvalue weighted by atomic mass is 10.1. The topological polar surface area (TPSA) is 77.0 Å². The molecule has 106 valence electrons. The number of para-hydroxylation sites is 1. The van der Waals surface area contributed by atoms with Crippen LogP contribution in [0.2, 0.25) is 0 Å². The molecule has 0 fully saturated rings. The summed E-state index contributed by atoms with van der Waals surface area (Å²) in [6.45, 7) is 1.75. The first-order valence-electron chi connectivity index (χ1n) is 6.38. The lowest BCUT2D eigenvalue weighted by molar-refractivity contribution is 0.0602. The Morgan fingerprint density at radius 3 is 2.67 bits per heavy atom. The number of benzene rings is 1. The number of fused-ring (bicyclic) bond motifs is 1. The number of carbonyl (C=O) groups excluding carboxylic acids is 1. The van der Waals surface area contributed by atoms with E-state index in [4.69, 9.17) is 4.74 Å². The molecule has 3 rings (SSSR count). The second-order valence-corrected chi connectivity index (χ2v) is 4.61. The SMILES string of the molecule is COC(=O)c1cc(C)nc2[nH]n(-c3ccccc3)c(=O)c12. The molecule has 0 aliphatic heterocycles. The van der Waals surface area contributed by atoms with Gasteiger partial charge in [-0.2, -0.15) is 0 Å². The summed E-state index contributed by atoms with van der Waals surface area (Å²) in [6.07, 6.45) is 0. The zero-order valence-electron chi connectivity index (χ0n) is 11.6. The number of hydrogen-bond acceptors (Lipinski definition) is 4. The normalized spacial score (nSPS) is 10.8. The van der Waals surface area contributed by atoms with Crippen LogP contribution in [0.5, 0.6) is 0 Å². The van der Waals surface area contributed by atoms with Gasteiger partial charge in [0.25, 0.3) is 5.56 Å². The Hall–Kier alpha value is -2.89. The molecule has 1 aromatic carbocycles. The van der Waals surface area contributed by atoms with Gasteiger partial charge in [0, 0.05) is 5.69 Å². The van der Waals surface area contributed by atoms with Gasteiger partial charge in [0.1, 0.15) is 5.39 Å². The molecule has 0 spiro atoms. The van der Waals surface area contributed by atoms with Crippen LogP contribution in [-0.2, 0) is 4.74 Å². The zero-order valence-corrected chi connectivity index (χ0v) is 11.6. The Morgan fingerprint density at radius 1 is 1.29 bits per heavy atom. The first kappa shape index (κ1) is 13.1. The molecule has 2 heterocycles. The fourth-order valence-electron chi connectivity index (χ4n) is 2.27. The molecule has 0 bridgehead atoms. The Balaban J connectivity index is 2.35. The number of aromatic amines is 1.